The first-order valence-corrected chi connectivity index (χ1v) is 10.6. The van der Waals surface area contributed by atoms with Crippen LogP contribution in [0.1, 0.15) is 31.0 Å². The Morgan fingerprint density at radius 3 is 2.15 bits per heavy atom. The van der Waals surface area contributed by atoms with Gasteiger partial charge in [0.1, 0.15) is 6.04 Å². The monoisotopic (exact) mass is 457 g/mol. The van der Waals surface area contributed by atoms with Crippen LogP contribution in [-0.2, 0) is 4.79 Å². The summed E-state index contributed by atoms with van der Waals surface area (Å²) in [5.74, 6) is -1.31. The normalized spacial score (nSPS) is 11.6. The number of fused-ring (bicyclic) bond motifs is 1. The topological polar surface area (TPSA) is 103 Å². The third kappa shape index (κ3) is 4.25. The average molecular weight is 457 g/mol. The predicted octanol–water partition coefficient (Wildman–Crippen LogP) is 3.52. The van der Waals surface area contributed by atoms with Gasteiger partial charge in [-0.25, -0.2) is 14.3 Å². The van der Waals surface area contributed by atoms with Crippen molar-refractivity contribution in [3.05, 3.63) is 111 Å². The second-order valence-electron chi connectivity index (χ2n) is 7.63. The van der Waals surface area contributed by atoms with Crippen LogP contribution in [0.5, 0.6) is 5.75 Å². The molecule has 0 saturated carbocycles. The number of methoxy groups -OCH3 is 1. The Labute approximate surface area is 195 Å². The van der Waals surface area contributed by atoms with Gasteiger partial charge in [-0.3, -0.25) is 9.59 Å². The molecule has 172 valence electrons. The van der Waals surface area contributed by atoms with Crippen molar-refractivity contribution in [2.75, 3.05) is 7.11 Å². The number of aromatic nitrogens is 2. The molecule has 2 aromatic heterocycles. The summed E-state index contributed by atoms with van der Waals surface area (Å²) in [4.78, 5) is 42.8. The number of allylic oxidation sites excluding steroid dienone is 1. The number of hydrogen-bond acceptors (Lipinski definition) is 6. The molecule has 1 amide bonds. The maximum Gasteiger partial charge on any atom is 0.423 e. The lowest BCUT2D eigenvalue weighted by molar-refractivity contribution is -0.123. The van der Waals surface area contributed by atoms with Crippen molar-refractivity contribution in [2.45, 2.75) is 19.9 Å². The van der Waals surface area contributed by atoms with Crippen LogP contribution >= 0.6 is 0 Å². The van der Waals surface area contributed by atoms with E-state index in [1.54, 1.807) is 6.92 Å². The largest absolute Gasteiger partial charge is 0.493 e. The summed E-state index contributed by atoms with van der Waals surface area (Å²) in [6.45, 7) is 3.23. The minimum absolute atomic E-state index is 0.0598. The fourth-order valence-corrected chi connectivity index (χ4v) is 3.79. The zero-order valence-electron chi connectivity index (χ0n) is 18.9. The number of nitrogens with one attached hydrogen (secondary N) is 1. The highest BCUT2D eigenvalue weighted by molar-refractivity contribution is 5.88. The zero-order valence-corrected chi connectivity index (χ0v) is 18.9. The van der Waals surface area contributed by atoms with E-state index in [0.717, 1.165) is 21.3 Å². The maximum atomic E-state index is 13.2. The molecule has 0 unspecified atom stereocenters. The fraction of sp³-hybridized carbons (Fsp3) is 0.154. The molecule has 0 radical (unpaired) electrons. The van der Waals surface area contributed by atoms with Gasteiger partial charge in [-0.2, -0.15) is 0 Å². The highest BCUT2D eigenvalue weighted by Crippen LogP contribution is 2.26. The molecule has 0 fully saturated rings. The molecule has 2 aromatic carbocycles. The van der Waals surface area contributed by atoms with Gasteiger partial charge in [0.2, 0.25) is 11.5 Å². The van der Waals surface area contributed by atoms with Gasteiger partial charge in [0.25, 0.3) is 5.56 Å². The number of pyridine rings is 1. The molecule has 1 N–H and O–H groups in total. The summed E-state index contributed by atoms with van der Waals surface area (Å²) in [5, 5.41) is 2.86. The second kappa shape index (κ2) is 9.58. The Hall–Kier alpha value is -4.46. The molecule has 0 spiro atoms. The lowest BCUT2D eigenvalue weighted by atomic mass is 9.96. The van der Waals surface area contributed by atoms with Crippen LogP contribution in [0.2, 0.25) is 0 Å². The third-order valence-electron chi connectivity index (χ3n) is 5.47. The van der Waals surface area contributed by atoms with Gasteiger partial charge in [-0.05, 0) is 25.0 Å². The Balaban J connectivity index is 1.75. The molecule has 0 saturated heterocycles. The molecule has 0 aliphatic rings. The van der Waals surface area contributed by atoms with Gasteiger partial charge in [-0.15, -0.1) is 0 Å². The van der Waals surface area contributed by atoms with Crippen LogP contribution in [0.15, 0.2) is 92.6 Å². The lowest BCUT2D eigenvalue weighted by Crippen LogP contribution is -2.42. The molecule has 1 atom stereocenters. The van der Waals surface area contributed by atoms with Crippen molar-refractivity contribution in [2.24, 2.45) is 0 Å². The minimum atomic E-state index is -1.15. The highest BCUT2D eigenvalue weighted by atomic mass is 16.5. The van der Waals surface area contributed by atoms with Gasteiger partial charge < -0.3 is 14.5 Å². The number of ether oxygens (including phenoxy) is 1. The molecule has 0 aliphatic carbocycles. The smallest absolute Gasteiger partial charge is 0.423 e. The van der Waals surface area contributed by atoms with Crippen molar-refractivity contribution in [1.82, 2.24) is 14.9 Å². The number of amides is 1. The first-order valence-electron chi connectivity index (χ1n) is 10.6. The molecular weight excluding hydrogens is 434 g/mol. The number of rotatable bonds is 6. The van der Waals surface area contributed by atoms with E-state index in [2.05, 4.69) is 10.3 Å². The molecule has 8 nitrogen and oxygen atoms in total. The maximum absolute atomic E-state index is 13.2. The number of carbonyl (C=O) groups excluding carboxylic acids is 1. The SMILES string of the molecule is COc1ccnc2c(=O)n([C@@H](C)C(=O)NC(C)=C(c3ccccc3)c3ccccc3)c(=O)oc12. The van der Waals surface area contributed by atoms with E-state index in [1.807, 2.05) is 60.7 Å². The Kier molecular flexibility index (Phi) is 6.40. The van der Waals surface area contributed by atoms with Crippen molar-refractivity contribution in [1.29, 1.82) is 0 Å². The molecule has 8 heteroatoms. The number of hydrogen-bond donors (Lipinski definition) is 1. The van der Waals surface area contributed by atoms with Crippen LogP contribution in [0.3, 0.4) is 0 Å². The van der Waals surface area contributed by atoms with E-state index in [1.165, 1.54) is 26.3 Å². The van der Waals surface area contributed by atoms with Crippen LogP contribution in [0.4, 0.5) is 0 Å². The van der Waals surface area contributed by atoms with E-state index < -0.39 is 23.3 Å². The van der Waals surface area contributed by atoms with Gasteiger partial charge in [0, 0.05) is 23.5 Å². The fourth-order valence-electron chi connectivity index (χ4n) is 3.79. The van der Waals surface area contributed by atoms with E-state index in [4.69, 9.17) is 9.15 Å². The summed E-state index contributed by atoms with van der Waals surface area (Å²) in [6, 6.07) is 19.6. The first-order chi connectivity index (χ1) is 16.4. The summed E-state index contributed by atoms with van der Waals surface area (Å²) in [5.41, 5.74) is 2.34. The summed E-state index contributed by atoms with van der Waals surface area (Å²) in [7, 11) is 1.39. The van der Waals surface area contributed by atoms with E-state index in [-0.39, 0.29) is 16.8 Å². The van der Waals surface area contributed by atoms with Gasteiger partial charge in [0.05, 0.1) is 7.11 Å². The Morgan fingerprint density at radius 2 is 1.59 bits per heavy atom. The lowest BCUT2D eigenvalue weighted by Gasteiger charge is -2.18. The second-order valence-corrected chi connectivity index (χ2v) is 7.63. The molecular formula is C26H23N3O5. The van der Waals surface area contributed by atoms with Crippen molar-refractivity contribution in [3.63, 3.8) is 0 Å². The molecule has 4 rings (SSSR count). The zero-order chi connectivity index (χ0) is 24.2. The highest BCUT2D eigenvalue weighted by Gasteiger charge is 2.24. The van der Waals surface area contributed by atoms with Gasteiger partial charge in [-0.1, -0.05) is 60.7 Å². The average Bonchev–Trinajstić information content (AvgIpc) is 2.85. The van der Waals surface area contributed by atoms with Crippen LogP contribution in [0, 0.1) is 0 Å². The molecule has 0 aliphatic heterocycles. The van der Waals surface area contributed by atoms with E-state index in [9.17, 15) is 14.4 Å². The summed E-state index contributed by atoms with van der Waals surface area (Å²) < 4.78 is 11.2. The summed E-state index contributed by atoms with van der Waals surface area (Å²) >= 11 is 0. The molecule has 0 bridgehead atoms. The standard InChI is InChI=1S/C26H23N3O5/c1-16(21(18-10-6-4-7-11-18)19-12-8-5-9-13-19)28-24(30)17(2)29-25(31)22-23(34-26(29)32)20(33-3)14-15-27-22/h4-15,17H,1-3H3,(H,28,30)/t17-/m0/s1. The molecule has 34 heavy (non-hydrogen) atoms. The van der Waals surface area contributed by atoms with Crippen molar-refractivity contribution < 1.29 is 13.9 Å². The van der Waals surface area contributed by atoms with Crippen LogP contribution in [0.25, 0.3) is 16.7 Å². The number of benzene rings is 2. The molecule has 2 heterocycles. The van der Waals surface area contributed by atoms with Crippen molar-refractivity contribution in [3.8, 4) is 5.75 Å². The Bertz CT molecular complexity index is 1450. The quantitative estimate of drug-likeness (QED) is 0.475. The van der Waals surface area contributed by atoms with Gasteiger partial charge in [0.15, 0.2) is 11.3 Å². The summed E-state index contributed by atoms with van der Waals surface area (Å²) in [6.07, 6.45) is 1.37. The number of carbonyl (C=O) groups is 1. The first kappa shape index (κ1) is 22.7. The van der Waals surface area contributed by atoms with E-state index in [0.29, 0.717) is 5.70 Å². The number of nitrogens with zero attached hydrogens (tertiary/aromatic N) is 2. The Morgan fingerprint density at radius 1 is 1.00 bits per heavy atom. The third-order valence-corrected chi connectivity index (χ3v) is 5.47. The predicted molar refractivity (Wildman–Crippen MR) is 129 cm³/mol. The van der Waals surface area contributed by atoms with Crippen molar-refractivity contribution >= 4 is 22.6 Å². The van der Waals surface area contributed by atoms with Gasteiger partial charge >= 0.3 is 5.76 Å². The minimum Gasteiger partial charge on any atom is -0.493 e. The van der Waals surface area contributed by atoms with E-state index >= 15 is 0 Å². The van der Waals surface area contributed by atoms with Crippen LogP contribution < -0.4 is 21.4 Å². The molecule has 4 aromatic rings. The van der Waals surface area contributed by atoms with Crippen LogP contribution in [-0.4, -0.2) is 22.6 Å².